The van der Waals surface area contributed by atoms with Crippen LogP contribution in [-0.4, -0.2) is 38.9 Å². The van der Waals surface area contributed by atoms with Crippen molar-refractivity contribution in [1.29, 1.82) is 0 Å². The van der Waals surface area contributed by atoms with Gasteiger partial charge in [-0.25, -0.2) is 0 Å². The SMILES string of the molecule is Cc1cc(C)c(C(=O)C(C)Sc2nnc(N3CCCC3)n2C2CC2)cc1C. The lowest BCUT2D eigenvalue weighted by Gasteiger charge is -2.19. The van der Waals surface area contributed by atoms with E-state index in [0.717, 1.165) is 35.3 Å². The molecule has 1 aliphatic carbocycles. The van der Waals surface area contributed by atoms with Crippen molar-refractivity contribution >= 4 is 23.5 Å². The van der Waals surface area contributed by atoms with E-state index in [2.05, 4.69) is 39.6 Å². The van der Waals surface area contributed by atoms with Crippen LogP contribution in [0.4, 0.5) is 5.95 Å². The molecule has 2 aromatic rings. The van der Waals surface area contributed by atoms with Crippen molar-refractivity contribution in [2.45, 2.75) is 69.8 Å². The molecule has 1 atom stereocenters. The van der Waals surface area contributed by atoms with Gasteiger partial charge in [0.2, 0.25) is 5.95 Å². The molecule has 1 saturated heterocycles. The van der Waals surface area contributed by atoms with Gasteiger partial charge < -0.3 is 4.90 Å². The average molecular weight is 385 g/mol. The predicted molar refractivity (Wildman–Crippen MR) is 110 cm³/mol. The maximum Gasteiger partial charge on any atom is 0.228 e. The second kappa shape index (κ2) is 7.30. The quantitative estimate of drug-likeness (QED) is 0.542. The second-order valence-corrected chi connectivity index (χ2v) is 9.26. The largest absolute Gasteiger partial charge is 0.341 e. The zero-order valence-electron chi connectivity index (χ0n) is 16.7. The van der Waals surface area contributed by atoms with Crippen molar-refractivity contribution < 1.29 is 4.79 Å². The molecule has 2 aliphatic rings. The normalized spacial score (nSPS) is 18.1. The summed E-state index contributed by atoms with van der Waals surface area (Å²) in [4.78, 5) is 15.4. The summed E-state index contributed by atoms with van der Waals surface area (Å²) >= 11 is 1.55. The third-order valence-electron chi connectivity index (χ3n) is 5.71. The first-order valence-electron chi connectivity index (χ1n) is 9.94. The van der Waals surface area contributed by atoms with Gasteiger partial charge in [0, 0.05) is 24.7 Å². The van der Waals surface area contributed by atoms with Crippen LogP contribution >= 0.6 is 11.8 Å². The number of aryl methyl sites for hydroxylation is 3. The molecule has 0 spiro atoms. The summed E-state index contributed by atoms with van der Waals surface area (Å²) in [5, 5.41) is 9.68. The predicted octanol–water partition coefficient (Wildman–Crippen LogP) is 4.50. The number of ketones is 1. The molecule has 6 heteroatoms. The van der Waals surface area contributed by atoms with Crippen LogP contribution in [0.3, 0.4) is 0 Å². The fourth-order valence-electron chi connectivity index (χ4n) is 3.79. The minimum Gasteiger partial charge on any atom is -0.341 e. The fourth-order valence-corrected chi connectivity index (χ4v) is 4.77. The topological polar surface area (TPSA) is 51.0 Å². The monoisotopic (exact) mass is 384 g/mol. The third-order valence-corrected chi connectivity index (χ3v) is 6.76. The zero-order chi connectivity index (χ0) is 19.1. The van der Waals surface area contributed by atoms with Gasteiger partial charge in [0.1, 0.15) is 0 Å². The van der Waals surface area contributed by atoms with E-state index in [4.69, 9.17) is 0 Å². The van der Waals surface area contributed by atoms with Crippen LogP contribution in [0.1, 0.15) is 65.7 Å². The van der Waals surface area contributed by atoms with Crippen molar-refractivity contribution in [2.24, 2.45) is 0 Å². The number of Topliss-reactive ketones (excluding diaryl/α,β-unsaturated/α-hetero) is 1. The van der Waals surface area contributed by atoms with Crippen LogP contribution in [0.15, 0.2) is 17.3 Å². The molecular weight excluding hydrogens is 356 g/mol. The van der Waals surface area contributed by atoms with Crippen LogP contribution in [0.25, 0.3) is 0 Å². The number of hydrogen-bond acceptors (Lipinski definition) is 5. The van der Waals surface area contributed by atoms with E-state index in [1.807, 2.05) is 19.9 Å². The lowest BCUT2D eigenvalue weighted by molar-refractivity contribution is 0.0993. The Morgan fingerprint density at radius 3 is 2.41 bits per heavy atom. The molecule has 144 valence electrons. The summed E-state index contributed by atoms with van der Waals surface area (Å²) in [6.45, 7) is 10.3. The zero-order valence-corrected chi connectivity index (χ0v) is 17.5. The molecule has 0 amide bonds. The second-order valence-electron chi connectivity index (χ2n) is 7.95. The van der Waals surface area contributed by atoms with Gasteiger partial charge in [-0.2, -0.15) is 0 Å². The van der Waals surface area contributed by atoms with Crippen LogP contribution in [-0.2, 0) is 0 Å². The highest BCUT2D eigenvalue weighted by Crippen LogP contribution is 2.42. The van der Waals surface area contributed by atoms with Gasteiger partial charge in [0.15, 0.2) is 10.9 Å². The summed E-state index contributed by atoms with van der Waals surface area (Å²) in [6, 6.07) is 4.65. The third kappa shape index (κ3) is 3.64. The maximum atomic E-state index is 13.1. The molecule has 5 nitrogen and oxygen atoms in total. The van der Waals surface area contributed by atoms with Crippen LogP contribution in [0.5, 0.6) is 0 Å². The molecule has 1 unspecified atom stereocenters. The molecule has 0 N–H and O–H groups in total. The van der Waals surface area contributed by atoms with Crippen molar-refractivity contribution in [1.82, 2.24) is 14.8 Å². The van der Waals surface area contributed by atoms with E-state index in [9.17, 15) is 4.79 Å². The van der Waals surface area contributed by atoms with Gasteiger partial charge in [0.25, 0.3) is 0 Å². The Bertz CT molecular complexity index is 865. The lowest BCUT2D eigenvalue weighted by atomic mass is 9.97. The summed E-state index contributed by atoms with van der Waals surface area (Å²) in [5.74, 6) is 1.17. The average Bonchev–Trinajstić information content (AvgIpc) is 3.16. The minimum atomic E-state index is -0.182. The number of benzene rings is 1. The molecule has 27 heavy (non-hydrogen) atoms. The van der Waals surface area contributed by atoms with Gasteiger partial charge >= 0.3 is 0 Å². The van der Waals surface area contributed by atoms with Gasteiger partial charge in [-0.3, -0.25) is 9.36 Å². The van der Waals surface area contributed by atoms with E-state index >= 15 is 0 Å². The number of aromatic nitrogens is 3. The minimum absolute atomic E-state index is 0.175. The van der Waals surface area contributed by atoms with E-state index in [0.29, 0.717) is 6.04 Å². The van der Waals surface area contributed by atoms with E-state index in [-0.39, 0.29) is 11.0 Å². The Morgan fingerprint density at radius 1 is 1.07 bits per heavy atom. The number of carbonyl (C=O) groups is 1. The van der Waals surface area contributed by atoms with Crippen molar-refractivity contribution in [3.05, 3.63) is 34.4 Å². The molecule has 4 rings (SSSR count). The highest BCUT2D eigenvalue weighted by molar-refractivity contribution is 8.00. The van der Waals surface area contributed by atoms with Crippen molar-refractivity contribution in [2.75, 3.05) is 18.0 Å². The van der Waals surface area contributed by atoms with Crippen molar-refractivity contribution in [3.63, 3.8) is 0 Å². The fraction of sp³-hybridized carbons (Fsp3) is 0.571. The summed E-state index contributed by atoms with van der Waals surface area (Å²) in [5.41, 5.74) is 4.28. The summed E-state index contributed by atoms with van der Waals surface area (Å²) in [7, 11) is 0. The summed E-state index contributed by atoms with van der Waals surface area (Å²) in [6.07, 6.45) is 4.82. The number of carbonyl (C=O) groups excluding carboxylic acids is 1. The van der Waals surface area contributed by atoms with E-state index < -0.39 is 0 Å². The Balaban J connectivity index is 1.57. The number of hydrogen-bond donors (Lipinski definition) is 0. The molecule has 1 saturated carbocycles. The van der Waals surface area contributed by atoms with Gasteiger partial charge in [-0.1, -0.05) is 17.8 Å². The number of anilines is 1. The molecule has 0 bridgehead atoms. The smallest absolute Gasteiger partial charge is 0.228 e. The number of thioether (sulfide) groups is 1. The Kier molecular flexibility index (Phi) is 5.01. The molecular formula is C21H28N4OS. The standard InChI is InChI=1S/C21H28N4OS/c1-13-11-15(3)18(12-14(13)2)19(26)16(4)27-21-23-22-20(24-9-5-6-10-24)25(21)17-7-8-17/h11-12,16-17H,5-10H2,1-4H3. The van der Waals surface area contributed by atoms with Gasteiger partial charge in [0.05, 0.1) is 5.25 Å². The van der Waals surface area contributed by atoms with Gasteiger partial charge in [-0.15, -0.1) is 10.2 Å². The first kappa shape index (κ1) is 18.5. The maximum absolute atomic E-state index is 13.1. The molecule has 2 fully saturated rings. The Hall–Kier alpha value is -1.82. The summed E-state index contributed by atoms with van der Waals surface area (Å²) < 4.78 is 2.28. The van der Waals surface area contributed by atoms with Gasteiger partial charge in [-0.05, 0) is 76.1 Å². The van der Waals surface area contributed by atoms with E-state index in [1.165, 1.54) is 36.8 Å². The molecule has 2 heterocycles. The highest BCUT2D eigenvalue weighted by Gasteiger charge is 2.33. The number of nitrogens with zero attached hydrogens (tertiary/aromatic N) is 4. The lowest BCUT2D eigenvalue weighted by Crippen LogP contribution is -2.22. The first-order chi connectivity index (χ1) is 13.0. The Labute approximate surface area is 165 Å². The molecule has 1 aliphatic heterocycles. The molecule has 1 aromatic carbocycles. The molecule has 1 aromatic heterocycles. The highest BCUT2D eigenvalue weighted by atomic mass is 32.2. The van der Waals surface area contributed by atoms with Crippen LogP contribution in [0, 0.1) is 20.8 Å². The number of rotatable bonds is 6. The van der Waals surface area contributed by atoms with Crippen LogP contribution < -0.4 is 4.90 Å². The molecule has 0 radical (unpaired) electrons. The Morgan fingerprint density at radius 2 is 1.74 bits per heavy atom. The van der Waals surface area contributed by atoms with Crippen molar-refractivity contribution in [3.8, 4) is 0 Å². The van der Waals surface area contributed by atoms with E-state index in [1.54, 1.807) is 11.8 Å². The van der Waals surface area contributed by atoms with Crippen LogP contribution in [0.2, 0.25) is 0 Å². The first-order valence-corrected chi connectivity index (χ1v) is 10.8.